The zero-order chi connectivity index (χ0) is 29.8. The average Bonchev–Trinajstić information content (AvgIpc) is 2.96. The van der Waals surface area contributed by atoms with Gasteiger partial charge in [-0.15, -0.1) is 0 Å². The van der Waals surface area contributed by atoms with E-state index in [2.05, 4.69) is 41.0 Å². The van der Waals surface area contributed by atoms with Crippen molar-refractivity contribution in [2.24, 2.45) is 5.73 Å². The topological polar surface area (TPSA) is 176 Å². The normalized spacial score (nSPS) is 15.7. The molecule has 0 fully saturated rings. The van der Waals surface area contributed by atoms with E-state index >= 15 is 0 Å². The Hall–Kier alpha value is -4.73. The van der Waals surface area contributed by atoms with Gasteiger partial charge in [-0.2, -0.15) is 0 Å². The molecule has 10 heteroatoms. The highest BCUT2D eigenvalue weighted by Gasteiger charge is 2.26. The van der Waals surface area contributed by atoms with Crippen molar-refractivity contribution in [3.63, 3.8) is 0 Å². The molecule has 0 saturated carbocycles. The molecule has 41 heavy (non-hydrogen) atoms. The quantitative estimate of drug-likeness (QED) is 0.222. The van der Waals surface area contributed by atoms with Gasteiger partial charge in [0.1, 0.15) is 12.1 Å². The molecule has 3 rings (SSSR count). The van der Waals surface area contributed by atoms with Crippen molar-refractivity contribution in [1.82, 2.24) is 10.6 Å². The van der Waals surface area contributed by atoms with E-state index in [9.17, 15) is 24.0 Å². The summed E-state index contributed by atoms with van der Waals surface area (Å²) in [5.74, 6) is -4.26. The fourth-order valence-corrected chi connectivity index (χ4v) is 4.53. The molecule has 3 unspecified atom stereocenters. The highest BCUT2D eigenvalue weighted by atomic mass is 16.4. The van der Waals surface area contributed by atoms with Crippen LogP contribution in [0.5, 0.6) is 0 Å². The van der Waals surface area contributed by atoms with Crippen molar-refractivity contribution in [1.29, 1.82) is 0 Å². The second kappa shape index (κ2) is 15.2. The predicted octanol–water partition coefficient (Wildman–Crippen LogP) is 2.93. The molecular formula is C31H35N3O7. The van der Waals surface area contributed by atoms with Crippen LogP contribution in [-0.4, -0.2) is 52.0 Å². The maximum atomic E-state index is 12.7. The zero-order valence-corrected chi connectivity index (χ0v) is 22.6. The van der Waals surface area contributed by atoms with E-state index in [4.69, 9.17) is 15.9 Å². The summed E-state index contributed by atoms with van der Waals surface area (Å²) >= 11 is 0. The molecule has 216 valence electrons. The molecule has 2 aromatic rings. The van der Waals surface area contributed by atoms with Crippen LogP contribution in [0.15, 0.2) is 72.8 Å². The second-order valence-corrected chi connectivity index (χ2v) is 9.92. The molecule has 0 aromatic heterocycles. The van der Waals surface area contributed by atoms with Gasteiger partial charge >= 0.3 is 11.9 Å². The predicted molar refractivity (Wildman–Crippen MR) is 152 cm³/mol. The molecule has 0 heterocycles. The van der Waals surface area contributed by atoms with Gasteiger partial charge in [0.05, 0.1) is 0 Å². The lowest BCUT2D eigenvalue weighted by Gasteiger charge is -2.21. The lowest BCUT2D eigenvalue weighted by atomic mass is 9.88. The van der Waals surface area contributed by atoms with Crippen molar-refractivity contribution in [2.75, 3.05) is 0 Å². The number of carbonyl (C=O) groups is 5. The van der Waals surface area contributed by atoms with Gasteiger partial charge in [-0.3, -0.25) is 24.0 Å². The molecule has 6 N–H and O–H groups in total. The van der Waals surface area contributed by atoms with Crippen molar-refractivity contribution >= 4 is 35.2 Å². The SMILES string of the molecule is NC(=O)C(CCC(=O)O)NC(=O)C(CCC(=O)O)NC(=O)CCc1ccc(C2C=CC(c3ccccc3)=CC2)cc1. The summed E-state index contributed by atoms with van der Waals surface area (Å²) in [7, 11) is 0. The number of primary amides is 1. The summed E-state index contributed by atoms with van der Waals surface area (Å²) in [5.41, 5.74) is 9.74. The van der Waals surface area contributed by atoms with E-state index in [1.54, 1.807) is 0 Å². The molecule has 0 radical (unpaired) electrons. The number of rotatable bonds is 15. The van der Waals surface area contributed by atoms with Gasteiger partial charge in [-0.25, -0.2) is 0 Å². The molecule has 2 aromatic carbocycles. The third kappa shape index (κ3) is 10.1. The number of nitrogens with one attached hydrogen (secondary N) is 2. The smallest absolute Gasteiger partial charge is 0.303 e. The number of allylic oxidation sites excluding steroid dienone is 4. The van der Waals surface area contributed by atoms with Crippen molar-refractivity contribution < 1.29 is 34.2 Å². The number of hydrogen-bond donors (Lipinski definition) is 5. The monoisotopic (exact) mass is 561 g/mol. The fraction of sp³-hybridized carbons (Fsp3) is 0.323. The second-order valence-electron chi connectivity index (χ2n) is 9.92. The van der Waals surface area contributed by atoms with Gasteiger partial charge in [-0.05, 0) is 47.9 Å². The van der Waals surface area contributed by atoms with Gasteiger partial charge in [0, 0.05) is 25.2 Å². The Kier molecular flexibility index (Phi) is 11.4. The number of benzene rings is 2. The first-order chi connectivity index (χ1) is 19.6. The summed E-state index contributed by atoms with van der Waals surface area (Å²) < 4.78 is 0. The van der Waals surface area contributed by atoms with Gasteiger partial charge < -0.3 is 26.6 Å². The van der Waals surface area contributed by atoms with Crippen LogP contribution in [0.25, 0.3) is 5.57 Å². The number of carbonyl (C=O) groups excluding carboxylic acids is 3. The number of aryl methyl sites for hydroxylation is 1. The van der Waals surface area contributed by atoms with E-state index in [1.165, 1.54) is 11.1 Å². The number of amides is 3. The summed E-state index contributed by atoms with van der Waals surface area (Å²) in [5, 5.41) is 22.7. The molecule has 10 nitrogen and oxygen atoms in total. The lowest BCUT2D eigenvalue weighted by Crippen LogP contribution is -2.53. The van der Waals surface area contributed by atoms with Crippen LogP contribution in [0.2, 0.25) is 0 Å². The van der Waals surface area contributed by atoms with Crippen LogP contribution in [0, 0.1) is 0 Å². The standard InChI is InChI=1S/C31H35N3O7/c32-30(40)25(15-18-28(36)37)34-31(41)26(16-19-29(38)39)33-27(35)17-8-20-6-9-22(10-7-20)24-13-11-23(12-14-24)21-4-2-1-3-5-21/h1-7,9-13,24-26H,8,14-19H2,(H2,32,40)(H,33,35)(H,34,41)(H,36,37)(H,38,39). The number of carboxylic acid groups (broad SMARTS) is 2. The third-order valence-corrected chi connectivity index (χ3v) is 6.86. The first kappa shape index (κ1) is 30.8. The minimum Gasteiger partial charge on any atom is -0.481 e. The van der Waals surface area contributed by atoms with E-state index in [-0.39, 0.29) is 25.2 Å². The molecule has 1 aliphatic rings. The number of aliphatic carboxylic acids is 2. The molecule has 3 amide bonds. The number of hydrogen-bond acceptors (Lipinski definition) is 5. The Morgan fingerprint density at radius 3 is 2.02 bits per heavy atom. The molecule has 0 aliphatic heterocycles. The fourth-order valence-electron chi connectivity index (χ4n) is 4.53. The van der Waals surface area contributed by atoms with Crippen LogP contribution >= 0.6 is 0 Å². The summed E-state index contributed by atoms with van der Waals surface area (Å²) in [6, 6.07) is 15.7. The molecule has 3 atom stereocenters. The lowest BCUT2D eigenvalue weighted by molar-refractivity contribution is -0.139. The van der Waals surface area contributed by atoms with Crippen LogP contribution in [0.3, 0.4) is 0 Å². The van der Waals surface area contributed by atoms with E-state index < -0.39 is 54.6 Å². The Bertz CT molecular complexity index is 1300. The highest BCUT2D eigenvalue weighted by molar-refractivity contribution is 5.92. The zero-order valence-electron chi connectivity index (χ0n) is 22.6. The van der Waals surface area contributed by atoms with Crippen molar-refractivity contribution in [3.05, 3.63) is 89.5 Å². The van der Waals surface area contributed by atoms with E-state index in [1.807, 2.05) is 42.5 Å². The maximum absolute atomic E-state index is 12.7. The minimum atomic E-state index is -1.26. The number of carboxylic acids is 2. The first-order valence-electron chi connectivity index (χ1n) is 13.5. The summed E-state index contributed by atoms with van der Waals surface area (Å²) in [6.07, 6.45) is 6.67. The van der Waals surface area contributed by atoms with Crippen LogP contribution in [-0.2, 0) is 30.4 Å². The van der Waals surface area contributed by atoms with Crippen molar-refractivity contribution in [2.45, 2.75) is 62.9 Å². The molecule has 0 spiro atoms. The Labute approximate surface area is 238 Å². The Morgan fingerprint density at radius 2 is 1.46 bits per heavy atom. The number of nitrogens with two attached hydrogens (primary N) is 1. The van der Waals surface area contributed by atoms with Crippen molar-refractivity contribution in [3.8, 4) is 0 Å². The maximum Gasteiger partial charge on any atom is 0.303 e. The third-order valence-electron chi connectivity index (χ3n) is 6.86. The van der Waals surface area contributed by atoms with Gasteiger partial charge in [0.25, 0.3) is 0 Å². The molecule has 0 saturated heterocycles. The van der Waals surface area contributed by atoms with Crippen LogP contribution < -0.4 is 16.4 Å². The van der Waals surface area contributed by atoms with E-state index in [0.29, 0.717) is 6.42 Å². The summed E-state index contributed by atoms with van der Waals surface area (Å²) in [4.78, 5) is 58.9. The minimum absolute atomic E-state index is 0.0565. The van der Waals surface area contributed by atoms with Gasteiger partial charge in [0.2, 0.25) is 17.7 Å². The van der Waals surface area contributed by atoms with Crippen LogP contribution in [0.1, 0.15) is 61.1 Å². The Morgan fingerprint density at radius 1 is 0.829 bits per heavy atom. The molecular weight excluding hydrogens is 526 g/mol. The van der Waals surface area contributed by atoms with E-state index in [0.717, 1.165) is 17.5 Å². The first-order valence-corrected chi connectivity index (χ1v) is 13.5. The largest absolute Gasteiger partial charge is 0.481 e. The summed E-state index contributed by atoms with van der Waals surface area (Å²) in [6.45, 7) is 0. The van der Waals surface area contributed by atoms with Gasteiger partial charge in [0.15, 0.2) is 0 Å². The Balaban J connectivity index is 1.53. The highest BCUT2D eigenvalue weighted by Crippen LogP contribution is 2.30. The van der Waals surface area contributed by atoms with Gasteiger partial charge in [-0.1, -0.05) is 72.8 Å². The molecule has 1 aliphatic carbocycles. The molecule has 0 bridgehead atoms. The van der Waals surface area contributed by atoms with Crippen LogP contribution in [0.4, 0.5) is 0 Å². The average molecular weight is 562 g/mol.